The zero-order chi connectivity index (χ0) is 31.6. The third-order valence-electron chi connectivity index (χ3n) is 9.20. The average molecular weight is 593 g/mol. The minimum Gasteiger partial charge on any atom is -0.494 e. The molecule has 0 radical (unpaired) electrons. The van der Waals surface area contributed by atoms with Crippen LogP contribution in [0.1, 0.15) is 92.7 Å². The summed E-state index contributed by atoms with van der Waals surface area (Å²) in [6.07, 6.45) is 6.62. The molecule has 10 nitrogen and oxygen atoms in total. The highest BCUT2D eigenvalue weighted by molar-refractivity contribution is 5.84. The Bertz CT molecular complexity index is 1520. The molecular formula is C33H44N4O6. The van der Waals surface area contributed by atoms with Gasteiger partial charge < -0.3 is 35.9 Å². The van der Waals surface area contributed by atoms with E-state index in [9.17, 15) is 29.7 Å². The molecule has 1 amide bonds. The van der Waals surface area contributed by atoms with Crippen molar-refractivity contribution in [3.63, 3.8) is 0 Å². The molecule has 10 heteroatoms. The van der Waals surface area contributed by atoms with Gasteiger partial charge in [0.15, 0.2) is 5.88 Å². The number of carbonyl (C=O) groups excluding carboxylic acids is 1. The summed E-state index contributed by atoms with van der Waals surface area (Å²) < 4.78 is 0. The lowest BCUT2D eigenvalue weighted by Gasteiger charge is -2.15. The van der Waals surface area contributed by atoms with E-state index >= 15 is 0 Å². The molecule has 2 aliphatic heterocycles. The second-order valence-electron chi connectivity index (χ2n) is 11.8. The summed E-state index contributed by atoms with van der Waals surface area (Å²) in [6, 6.07) is -0.222. The molecule has 4 rings (SSSR count). The Morgan fingerprint density at radius 1 is 0.930 bits per heavy atom. The maximum Gasteiger partial charge on any atom is 0.303 e. The molecule has 0 spiro atoms. The number of H-pyrrole nitrogens is 2. The van der Waals surface area contributed by atoms with Gasteiger partial charge >= 0.3 is 11.9 Å². The summed E-state index contributed by atoms with van der Waals surface area (Å²) in [6.45, 7) is 11.9. The molecule has 3 atom stereocenters. The van der Waals surface area contributed by atoms with Gasteiger partial charge in [-0.3, -0.25) is 14.4 Å². The molecule has 7 N–H and O–H groups in total. The van der Waals surface area contributed by atoms with Gasteiger partial charge in [0.25, 0.3) is 0 Å². The molecule has 2 aromatic rings. The lowest BCUT2D eigenvalue weighted by Crippen LogP contribution is -2.24. The first kappa shape index (κ1) is 31.7. The number of allylic oxidation sites excluding steroid dienone is 2. The number of nitrogens with one attached hydrogen (secondary N) is 4. The van der Waals surface area contributed by atoms with E-state index in [0.717, 1.165) is 68.3 Å². The molecule has 232 valence electrons. The van der Waals surface area contributed by atoms with E-state index in [2.05, 4.69) is 27.5 Å². The molecule has 0 saturated carbocycles. The highest BCUT2D eigenvalue weighted by Gasteiger charge is 2.35. The topological polar surface area (TPSA) is 168 Å². The first-order valence-electron chi connectivity index (χ1n) is 15.1. The predicted octanol–water partition coefficient (Wildman–Crippen LogP) is 5.01. The third-order valence-corrected chi connectivity index (χ3v) is 9.20. The zero-order valence-electron chi connectivity index (χ0n) is 25.9. The number of rotatable bonds is 12. The average Bonchev–Trinajstić information content (AvgIpc) is 3.59. The summed E-state index contributed by atoms with van der Waals surface area (Å²) in [4.78, 5) is 42.1. The van der Waals surface area contributed by atoms with Crippen LogP contribution >= 0.6 is 0 Å². The molecule has 1 saturated heterocycles. The Morgan fingerprint density at radius 2 is 1.56 bits per heavy atom. The monoisotopic (exact) mass is 592 g/mol. The van der Waals surface area contributed by atoms with Crippen molar-refractivity contribution in [2.45, 2.75) is 92.5 Å². The van der Waals surface area contributed by atoms with Crippen LogP contribution in [-0.4, -0.2) is 49.2 Å². The van der Waals surface area contributed by atoms with Crippen molar-refractivity contribution in [2.24, 2.45) is 11.8 Å². The summed E-state index contributed by atoms with van der Waals surface area (Å²) in [5, 5.41) is 35.9. The van der Waals surface area contributed by atoms with Crippen LogP contribution < -0.4 is 10.6 Å². The summed E-state index contributed by atoms with van der Waals surface area (Å²) in [5.74, 6) is -1.61. The van der Waals surface area contributed by atoms with E-state index in [4.69, 9.17) is 0 Å². The van der Waals surface area contributed by atoms with Crippen LogP contribution in [0.5, 0.6) is 5.88 Å². The number of aromatic nitrogens is 2. The van der Waals surface area contributed by atoms with Gasteiger partial charge in [0.1, 0.15) is 0 Å². The van der Waals surface area contributed by atoms with Crippen molar-refractivity contribution in [2.75, 3.05) is 0 Å². The van der Waals surface area contributed by atoms with Crippen LogP contribution in [0.3, 0.4) is 0 Å². The lowest BCUT2D eigenvalue weighted by atomic mass is 9.91. The quantitative estimate of drug-likeness (QED) is 0.182. The SMILES string of the molecule is CCc1c(O)[nH]c(Cc2[nH]c(/C=C3\NC(/C=C4\NC(=O)[C@H](C)[C@H]4CC)C(C)=C3CCC(=O)O)c(CCC(=O)O)c2C)c1C. The smallest absolute Gasteiger partial charge is 0.303 e. The van der Waals surface area contributed by atoms with E-state index in [-0.39, 0.29) is 42.5 Å². The lowest BCUT2D eigenvalue weighted by molar-refractivity contribution is -0.138. The van der Waals surface area contributed by atoms with Crippen LogP contribution in [0.4, 0.5) is 0 Å². The minimum absolute atomic E-state index is 0.00809. The van der Waals surface area contributed by atoms with E-state index < -0.39 is 11.9 Å². The van der Waals surface area contributed by atoms with Crippen molar-refractivity contribution in [3.8, 4) is 5.88 Å². The standard InChI is InChI=1S/C33H44N4O6/c1-7-20-19(6)32(42)37-27(20)14-25-18(5)23(10-12-31(40)41)29(35-25)15-28-22(9-11-30(38)39)17(4)24(34-28)13-26-16(3)21(8-2)33(43)36-26/h14-15,19-20,25,34-36,43H,7-13H2,1-6H3,(H,37,42)(H,38,39)(H,40,41)/b27-14-,29-15-/t19-,20-,25?/m1/s1. The second-order valence-corrected chi connectivity index (χ2v) is 11.8. The molecule has 0 aromatic carbocycles. The number of aliphatic carboxylic acids is 2. The van der Waals surface area contributed by atoms with Gasteiger partial charge in [0.05, 0.1) is 6.04 Å². The fourth-order valence-electron chi connectivity index (χ4n) is 6.51. The molecule has 0 aliphatic carbocycles. The minimum atomic E-state index is -0.889. The maximum absolute atomic E-state index is 12.4. The van der Waals surface area contributed by atoms with Gasteiger partial charge in [-0.05, 0) is 86.4 Å². The van der Waals surface area contributed by atoms with Gasteiger partial charge in [-0.1, -0.05) is 20.8 Å². The molecule has 2 aliphatic rings. The van der Waals surface area contributed by atoms with Crippen LogP contribution in [-0.2, 0) is 33.6 Å². The predicted molar refractivity (Wildman–Crippen MR) is 165 cm³/mol. The number of hydrogen-bond acceptors (Lipinski definition) is 5. The second kappa shape index (κ2) is 13.0. The molecule has 43 heavy (non-hydrogen) atoms. The summed E-state index contributed by atoms with van der Waals surface area (Å²) in [5.41, 5.74) is 9.84. The van der Waals surface area contributed by atoms with Gasteiger partial charge in [-0.25, -0.2) is 0 Å². The van der Waals surface area contributed by atoms with E-state index in [0.29, 0.717) is 25.7 Å². The van der Waals surface area contributed by atoms with Crippen molar-refractivity contribution >= 4 is 23.9 Å². The fraction of sp³-hybridized carbons (Fsp3) is 0.485. The molecule has 1 fully saturated rings. The Balaban J connectivity index is 1.75. The number of carbonyl (C=O) groups is 3. The van der Waals surface area contributed by atoms with E-state index in [1.54, 1.807) is 0 Å². The summed E-state index contributed by atoms with van der Waals surface area (Å²) >= 11 is 0. The molecule has 2 aromatic heterocycles. The summed E-state index contributed by atoms with van der Waals surface area (Å²) in [7, 11) is 0. The van der Waals surface area contributed by atoms with E-state index in [1.165, 1.54) is 0 Å². The van der Waals surface area contributed by atoms with Crippen molar-refractivity contribution in [1.82, 2.24) is 20.6 Å². The number of aromatic hydroxyl groups is 1. The van der Waals surface area contributed by atoms with Gasteiger partial charge in [0.2, 0.25) is 5.91 Å². The van der Waals surface area contributed by atoms with Crippen molar-refractivity contribution in [1.29, 1.82) is 0 Å². The first-order chi connectivity index (χ1) is 20.4. The Labute approximate surface area is 252 Å². The van der Waals surface area contributed by atoms with Gasteiger partial charge in [0, 0.05) is 65.1 Å². The number of hydrogen-bond donors (Lipinski definition) is 7. The maximum atomic E-state index is 12.4. The molecule has 4 heterocycles. The molecular weight excluding hydrogens is 548 g/mol. The number of carboxylic acid groups (broad SMARTS) is 2. The van der Waals surface area contributed by atoms with Crippen LogP contribution in [0.15, 0.2) is 28.6 Å². The van der Waals surface area contributed by atoms with Crippen LogP contribution in [0, 0.1) is 25.7 Å². The van der Waals surface area contributed by atoms with E-state index in [1.807, 2.05) is 46.8 Å². The van der Waals surface area contributed by atoms with Crippen molar-refractivity contribution in [3.05, 3.63) is 68.0 Å². The third kappa shape index (κ3) is 6.58. The first-order valence-corrected chi connectivity index (χ1v) is 15.1. The zero-order valence-corrected chi connectivity index (χ0v) is 25.9. The largest absolute Gasteiger partial charge is 0.494 e. The molecule has 1 unspecified atom stereocenters. The molecule has 0 bridgehead atoms. The fourth-order valence-corrected chi connectivity index (χ4v) is 6.51. The Hall–Kier alpha value is -4.21. The number of aromatic amines is 2. The Kier molecular flexibility index (Phi) is 9.57. The van der Waals surface area contributed by atoms with Crippen LogP contribution in [0.2, 0.25) is 0 Å². The number of amides is 1. The van der Waals surface area contributed by atoms with Crippen molar-refractivity contribution < 1.29 is 29.7 Å². The highest BCUT2D eigenvalue weighted by Crippen LogP contribution is 2.35. The van der Waals surface area contributed by atoms with Gasteiger partial charge in [-0.15, -0.1) is 0 Å². The Morgan fingerprint density at radius 3 is 2.16 bits per heavy atom. The van der Waals surface area contributed by atoms with Gasteiger partial charge in [-0.2, -0.15) is 0 Å². The highest BCUT2D eigenvalue weighted by atomic mass is 16.4. The normalized spacial score (nSPS) is 22.1. The number of carboxylic acids is 2. The van der Waals surface area contributed by atoms with Crippen LogP contribution in [0.25, 0.3) is 6.08 Å².